The quantitative estimate of drug-likeness (QED) is 0.507. The van der Waals surface area contributed by atoms with Crippen molar-refractivity contribution in [2.75, 3.05) is 13.2 Å². The highest BCUT2D eigenvalue weighted by Crippen LogP contribution is 2.20. The first-order chi connectivity index (χ1) is 5.45. The average molecular weight is 172 g/mol. The molecule has 72 valence electrons. The van der Waals surface area contributed by atoms with Crippen LogP contribution >= 0.6 is 0 Å². The lowest BCUT2D eigenvalue weighted by molar-refractivity contribution is 0.0262. The van der Waals surface area contributed by atoms with E-state index in [9.17, 15) is 5.11 Å². The third-order valence-corrected chi connectivity index (χ3v) is 1.39. The van der Waals surface area contributed by atoms with Crippen molar-refractivity contribution in [1.29, 1.82) is 0 Å². The van der Waals surface area contributed by atoms with E-state index in [1.807, 2.05) is 0 Å². The van der Waals surface area contributed by atoms with Crippen molar-refractivity contribution in [2.45, 2.75) is 33.3 Å². The van der Waals surface area contributed by atoms with E-state index < -0.39 is 0 Å². The highest BCUT2D eigenvalue weighted by atomic mass is 16.5. The normalized spacial score (nSPS) is 14.3. The summed E-state index contributed by atoms with van der Waals surface area (Å²) in [4.78, 5) is 0. The molecule has 0 amide bonds. The van der Waals surface area contributed by atoms with Crippen molar-refractivity contribution >= 4 is 0 Å². The van der Waals surface area contributed by atoms with E-state index in [0.29, 0.717) is 13.2 Å². The molecule has 2 nitrogen and oxygen atoms in total. The largest absolute Gasteiger partial charge is 0.391 e. The molecule has 1 unspecified atom stereocenters. The second-order valence-electron chi connectivity index (χ2n) is 4.24. The minimum Gasteiger partial charge on any atom is -0.391 e. The van der Waals surface area contributed by atoms with E-state index in [-0.39, 0.29) is 11.5 Å². The first-order valence-corrected chi connectivity index (χ1v) is 4.32. The maximum Gasteiger partial charge on any atom is 0.0778 e. The molecule has 0 aliphatic carbocycles. The zero-order valence-electron chi connectivity index (χ0n) is 8.34. The van der Waals surface area contributed by atoms with Crippen molar-refractivity contribution < 1.29 is 9.84 Å². The Hall–Kier alpha value is -0.340. The van der Waals surface area contributed by atoms with Crippen LogP contribution in [0.25, 0.3) is 0 Å². The van der Waals surface area contributed by atoms with Crippen LogP contribution in [0.2, 0.25) is 0 Å². The molecule has 1 N–H and O–H groups in total. The molecule has 0 saturated heterocycles. The molecule has 0 rings (SSSR count). The zero-order valence-corrected chi connectivity index (χ0v) is 8.34. The number of aliphatic hydroxyl groups excluding tert-OH is 1. The minimum absolute atomic E-state index is 0.164. The third kappa shape index (κ3) is 7.76. The minimum atomic E-state index is -0.357. The molecule has 0 bridgehead atoms. The molecule has 0 aromatic carbocycles. The molecule has 0 aliphatic rings. The fraction of sp³-hybridized carbons (Fsp3) is 0.800. The Bertz CT molecular complexity index is 124. The van der Waals surface area contributed by atoms with Crippen LogP contribution in [-0.4, -0.2) is 24.4 Å². The number of aliphatic hydroxyl groups is 1. The first-order valence-electron chi connectivity index (χ1n) is 4.32. The van der Waals surface area contributed by atoms with Gasteiger partial charge in [-0.25, -0.2) is 0 Å². The first kappa shape index (κ1) is 11.7. The standard InChI is InChI=1S/C10H20O2/c1-5-6-12-8-9(11)7-10(2,3)4/h5,9,11H,1,6-8H2,2-4H3. The maximum atomic E-state index is 9.45. The Morgan fingerprint density at radius 2 is 2.08 bits per heavy atom. The molecule has 0 saturated carbocycles. The molecular weight excluding hydrogens is 152 g/mol. The predicted molar refractivity (Wildman–Crippen MR) is 51.1 cm³/mol. The highest BCUT2D eigenvalue weighted by molar-refractivity contribution is 4.69. The van der Waals surface area contributed by atoms with Gasteiger partial charge in [0.25, 0.3) is 0 Å². The monoisotopic (exact) mass is 172 g/mol. The molecule has 0 aromatic heterocycles. The predicted octanol–water partition coefficient (Wildman–Crippen LogP) is 1.99. The highest BCUT2D eigenvalue weighted by Gasteiger charge is 2.16. The van der Waals surface area contributed by atoms with Crippen LogP contribution in [-0.2, 0) is 4.74 Å². The molecule has 1 atom stereocenters. The van der Waals surface area contributed by atoms with Crippen molar-refractivity contribution in [3.8, 4) is 0 Å². The van der Waals surface area contributed by atoms with Gasteiger partial charge in [0.15, 0.2) is 0 Å². The summed E-state index contributed by atoms with van der Waals surface area (Å²) in [7, 11) is 0. The summed E-state index contributed by atoms with van der Waals surface area (Å²) in [6.07, 6.45) is 2.10. The Morgan fingerprint density at radius 3 is 2.50 bits per heavy atom. The molecule has 0 radical (unpaired) electrons. The molecular formula is C10H20O2. The van der Waals surface area contributed by atoms with Gasteiger partial charge in [-0.2, -0.15) is 0 Å². The van der Waals surface area contributed by atoms with E-state index >= 15 is 0 Å². The smallest absolute Gasteiger partial charge is 0.0778 e. The van der Waals surface area contributed by atoms with E-state index in [4.69, 9.17) is 4.74 Å². The Balaban J connectivity index is 3.46. The van der Waals surface area contributed by atoms with Gasteiger partial charge in [0.05, 0.1) is 19.3 Å². The number of hydrogen-bond acceptors (Lipinski definition) is 2. The lowest BCUT2D eigenvalue weighted by atomic mass is 9.89. The van der Waals surface area contributed by atoms with Crippen molar-refractivity contribution in [3.63, 3.8) is 0 Å². The number of ether oxygens (including phenoxy) is 1. The number of rotatable bonds is 5. The molecule has 0 spiro atoms. The summed E-state index contributed by atoms with van der Waals surface area (Å²) in [5, 5.41) is 9.45. The molecule has 2 heteroatoms. The maximum absolute atomic E-state index is 9.45. The van der Waals surface area contributed by atoms with Crippen molar-refractivity contribution in [3.05, 3.63) is 12.7 Å². The summed E-state index contributed by atoms with van der Waals surface area (Å²) in [5.74, 6) is 0. The van der Waals surface area contributed by atoms with Gasteiger partial charge in [-0.05, 0) is 11.8 Å². The van der Waals surface area contributed by atoms with Crippen LogP contribution in [0.5, 0.6) is 0 Å². The SMILES string of the molecule is C=CCOCC(O)CC(C)(C)C. The van der Waals surface area contributed by atoms with Crippen LogP contribution in [0.15, 0.2) is 12.7 Å². The lowest BCUT2D eigenvalue weighted by Crippen LogP contribution is -2.22. The van der Waals surface area contributed by atoms with Gasteiger partial charge in [-0.15, -0.1) is 6.58 Å². The van der Waals surface area contributed by atoms with Crippen LogP contribution in [0.4, 0.5) is 0 Å². The van der Waals surface area contributed by atoms with Gasteiger partial charge < -0.3 is 9.84 Å². The summed E-state index contributed by atoms with van der Waals surface area (Å²) >= 11 is 0. The number of hydrogen-bond donors (Lipinski definition) is 1. The van der Waals surface area contributed by atoms with Gasteiger partial charge in [0, 0.05) is 0 Å². The van der Waals surface area contributed by atoms with Gasteiger partial charge in [-0.3, -0.25) is 0 Å². The van der Waals surface area contributed by atoms with Crippen LogP contribution in [0.1, 0.15) is 27.2 Å². The van der Waals surface area contributed by atoms with Crippen molar-refractivity contribution in [1.82, 2.24) is 0 Å². The van der Waals surface area contributed by atoms with E-state index in [0.717, 1.165) is 6.42 Å². The van der Waals surface area contributed by atoms with Gasteiger partial charge >= 0.3 is 0 Å². The Labute approximate surface area is 75.2 Å². The van der Waals surface area contributed by atoms with E-state index in [1.54, 1.807) is 6.08 Å². The van der Waals surface area contributed by atoms with Crippen LogP contribution < -0.4 is 0 Å². The zero-order chi connectivity index (χ0) is 9.61. The fourth-order valence-corrected chi connectivity index (χ4v) is 1.05. The fourth-order valence-electron chi connectivity index (χ4n) is 1.05. The summed E-state index contributed by atoms with van der Waals surface area (Å²) < 4.78 is 5.12. The summed E-state index contributed by atoms with van der Waals surface area (Å²) in [6.45, 7) is 10.7. The van der Waals surface area contributed by atoms with Crippen LogP contribution in [0, 0.1) is 5.41 Å². The van der Waals surface area contributed by atoms with Crippen LogP contribution in [0.3, 0.4) is 0 Å². The van der Waals surface area contributed by atoms with Gasteiger partial charge in [0.2, 0.25) is 0 Å². The molecule has 0 aliphatic heterocycles. The third-order valence-electron chi connectivity index (χ3n) is 1.39. The summed E-state index contributed by atoms with van der Waals surface area (Å²) in [6, 6.07) is 0. The van der Waals surface area contributed by atoms with E-state index in [2.05, 4.69) is 27.4 Å². The molecule has 0 heterocycles. The summed E-state index contributed by atoms with van der Waals surface area (Å²) in [5.41, 5.74) is 0.164. The lowest BCUT2D eigenvalue weighted by Gasteiger charge is -2.21. The topological polar surface area (TPSA) is 29.5 Å². The Kier molecular flexibility index (Phi) is 5.18. The van der Waals surface area contributed by atoms with Gasteiger partial charge in [-0.1, -0.05) is 26.8 Å². The molecule has 12 heavy (non-hydrogen) atoms. The second kappa shape index (κ2) is 5.33. The molecule has 0 fully saturated rings. The van der Waals surface area contributed by atoms with Crippen molar-refractivity contribution in [2.24, 2.45) is 5.41 Å². The second-order valence-corrected chi connectivity index (χ2v) is 4.24. The average Bonchev–Trinajstić information content (AvgIpc) is 1.84. The Morgan fingerprint density at radius 1 is 1.50 bits per heavy atom. The van der Waals surface area contributed by atoms with E-state index in [1.165, 1.54) is 0 Å². The molecule has 0 aromatic rings. The van der Waals surface area contributed by atoms with Gasteiger partial charge in [0.1, 0.15) is 0 Å².